The number of aromatic nitrogens is 2. The van der Waals surface area contributed by atoms with Gasteiger partial charge in [0.2, 0.25) is 0 Å². The fourth-order valence-corrected chi connectivity index (χ4v) is 5.07. The second-order valence-corrected chi connectivity index (χ2v) is 8.97. The molecule has 0 radical (unpaired) electrons. The number of carbonyl (C=O) groups is 2. The van der Waals surface area contributed by atoms with Crippen LogP contribution in [-0.4, -0.2) is 35.1 Å². The minimum Gasteiger partial charge on any atom is -0.497 e. The Morgan fingerprint density at radius 1 is 1.00 bits per heavy atom. The van der Waals surface area contributed by atoms with Crippen molar-refractivity contribution in [3.63, 3.8) is 0 Å². The molecule has 2 heterocycles. The van der Waals surface area contributed by atoms with Gasteiger partial charge in [0.25, 0.3) is 5.91 Å². The van der Waals surface area contributed by atoms with Crippen molar-refractivity contribution in [3.05, 3.63) is 89.2 Å². The maximum Gasteiger partial charge on any atom is 0.326 e. The summed E-state index contributed by atoms with van der Waals surface area (Å²) in [7, 11) is 1.59. The molecule has 2 aromatic heterocycles. The summed E-state index contributed by atoms with van der Waals surface area (Å²) in [6.45, 7) is 1.97. The number of nitrogens with zero attached hydrogens (tertiary/aromatic N) is 3. The molecule has 8 heteroatoms. The topological polar surface area (TPSA) is 82.8 Å². The molecule has 0 spiro atoms. The summed E-state index contributed by atoms with van der Waals surface area (Å²) in [6, 6.07) is 24.5. The van der Waals surface area contributed by atoms with E-state index in [4.69, 9.17) is 14.5 Å². The number of fused-ring (bicyclic) bond motifs is 2. The zero-order valence-corrected chi connectivity index (χ0v) is 20.6. The zero-order chi connectivity index (χ0) is 25.1. The van der Waals surface area contributed by atoms with Gasteiger partial charge in [-0.05, 0) is 37.3 Å². The van der Waals surface area contributed by atoms with Crippen molar-refractivity contribution in [2.75, 3.05) is 13.7 Å². The number of para-hydroxylation sites is 1. The average Bonchev–Trinajstić information content (AvgIpc) is 3.24. The number of carbonyl (C=O) groups excluding carboxylic acids is 2. The van der Waals surface area contributed by atoms with Crippen molar-refractivity contribution in [1.29, 1.82) is 0 Å². The van der Waals surface area contributed by atoms with Crippen LogP contribution in [0.3, 0.4) is 0 Å². The number of hydrogen-bond donors (Lipinski definition) is 0. The molecule has 0 aliphatic carbocycles. The van der Waals surface area contributed by atoms with Crippen LogP contribution in [0, 0.1) is 0 Å². The van der Waals surface area contributed by atoms with Crippen LogP contribution in [0.5, 0.6) is 5.75 Å². The third-order valence-corrected chi connectivity index (χ3v) is 6.74. The largest absolute Gasteiger partial charge is 0.497 e. The first-order chi connectivity index (χ1) is 17.6. The summed E-state index contributed by atoms with van der Waals surface area (Å²) in [4.78, 5) is 35.6. The third-order valence-electron chi connectivity index (χ3n) is 5.70. The van der Waals surface area contributed by atoms with Crippen molar-refractivity contribution in [3.8, 4) is 17.0 Å². The van der Waals surface area contributed by atoms with E-state index in [-0.39, 0.29) is 13.2 Å². The van der Waals surface area contributed by atoms with Gasteiger partial charge in [-0.25, -0.2) is 4.98 Å². The SMILES string of the molecule is CCOC(=O)Cn1c(=NC(=O)c2cc(-c3ccccc3)nc3ccccc23)sc2cc(OC)ccc21. The normalized spacial score (nSPS) is 11.7. The Balaban J connectivity index is 1.68. The highest BCUT2D eigenvalue weighted by Crippen LogP contribution is 2.26. The number of benzene rings is 3. The molecule has 5 aromatic rings. The molecule has 0 aliphatic rings. The van der Waals surface area contributed by atoms with E-state index in [1.165, 1.54) is 11.3 Å². The molecular weight excluding hydrogens is 474 g/mol. The molecule has 36 heavy (non-hydrogen) atoms. The van der Waals surface area contributed by atoms with E-state index in [0.29, 0.717) is 32.7 Å². The fourth-order valence-electron chi connectivity index (χ4n) is 4.01. The predicted octanol–water partition coefficient (Wildman–Crippen LogP) is 5.23. The van der Waals surface area contributed by atoms with E-state index < -0.39 is 11.9 Å². The summed E-state index contributed by atoms with van der Waals surface area (Å²) in [6.07, 6.45) is 0. The van der Waals surface area contributed by atoms with E-state index >= 15 is 0 Å². The Bertz CT molecular complexity index is 1650. The lowest BCUT2D eigenvalue weighted by molar-refractivity contribution is -0.143. The third kappa shape index (κ3) is 4.63. The molecule has 0 saturated heterocycles. The van der Waals surface area contributed by atoms with Crippen molar-refractivity contribution >= 4 is 44.3 Å². The molecular formula is C28H23N3O4S. The van der Waals surface area contributed by atoms with E-state index in [0.717, 1.165) is 15.8 Å². The highest BCUT2D eigenvalue weighted by atomic mass is 32.1. The van der Waals surface area contributed by atoms with Crippen LogP contribution in [0.15, 0.2) is 83.9 Å². The van der Waals surface area contributed by atoms with Gasteiger partial charge >= 0.3 is 5.97 Å². The van der Waals surface area contributed by atoms with Gasteiger partial charge in [0.05, 0.1) is 40.7 Å². The minimum atomic E-state index is -0.415. The van der Waals surface area contributed by atoms with Gasteiger partial charge in [0.1, 0.15) is 12.3 Å². The fraction of sp³-hybridized carbons (Fsp3) is 0.143. The Kier molecular flexibility index (Phi) is 6.60. The quantitative estimate of drug-likeness (QED) is 0.300. The van der Waals surface area contributed by atoms with Crippen LogP contribution in [0.4, 0.5) is 0 Å². The smallest absolute Gasteiger partial charge is 0.326 e. The maximum atomic E-state index is 13.6. The molecule has 1 amide bonds. The lowest BCUT2D eigenvalue weighted by atomic mass is 10.0. The Morgan fingerprint density at radius 3 is 2.56 bits per heavy atom. The first kappa shape index (κ1) is 23.4. The number of esters is 1. The van der Waals surface area contributed by atoms with Gasteiger partial charge in [-0.2, -0.15) is 4.99 Å². The summed E-state index contributed by atoms with van der Waals surface area (Å²) >= 11 is 1.31. The second-order valence-electron chi connectivity index (χ2n) is 7.96. The summed E-state index contributed by atoms with van der Waals surface area (Å²) in [5, 5.41) is 0.714. The van der Waals surface area contributed by atoms with Gasteiger partial charge in [0.15, 0.2) is 4.80 Å². The molecule has 5 rings (SSSR count). The van der Waals surface area contributed by atoms with Crippen LogP contribution < -0.4 is 9.54 Å². The van der Waals surface area contributed by atoms with Crippen LogP contribution in [0.1, 0.15) is 17.3 Å². The number of hydrogen-bond acceptors (Lipinski definition) is 6. The van der Waals surface area contributed by atoms with Gasteiger partial charge in [-0.15, -0.1) is 0 Å². The Morgan fingerprint density at radius 2 is 1.78 bits per heavy atom. The standard InChI is InChI=1S/C28H23N3O4S/c1-3-35-26(32)17-31-24-14-13-19(34-2)15-25(24)36-28(31)30-27(33)21-16-23(18-9-5-4-6-10-18)29-22-12-8-7-11-20(21)22/h4-16H,3,17H2,1-2H3. The van der Waals surface area contributed by atoms with Crippen molar-refractivity contribution in [1.82, 2.24) is 9.55 Å². The van der Waals surface area contributed by atoms with E-state index in [1.807, 2.05) is 72.8 Å². The molecule has 0 aliphatic heterocycles. The Hall–Kier alpha value is -4.30. The molecule has 3 aromatic carbocycles. The molecule has 0 unspecified atom stereocenters. The predicted molar refractivity (Wildman–Crippen MR) is 140 cm³/mol. The number of rotatable bonds is 6. The van der Waals surface area contributed by atoms with E-state index in [1.54, 1.807) is 24.7 Å². The van der Waals surface area contributed by atoms with Gasteiger partial charge in [-0.3, -0.25) is 9.59 Å². The number of thiazole rings is 1. The van der Waals surface area contributed by atoms with E-state index in [9.17, 15) is 9.59 Å². The second kappa shape index (κ2) is 10.1. The highest BCUT2D eigenvalue weighted by molar-refractivity contribution is 7.16. The number of amides is 1. The first-order valence-electron chi connectivity index (χ1n) is 11.4. The number of methoxy groups -OCH3 is 1. The summed E-state index contributed by atoms with van der Waals surface area (Å²) in [5.41, 5.74) is 3.51. The minimum absolute atomic E-state index is 0.0569. The molecule has 7 nitrogen and oxygen atoms in total. The van der Waals surface area contributed by atoms with Gasteiger partial charge in [0, 0.05) is 10.9 Å². The van der Waals surface area contributed by atoms with E-state index in [2.05, 4.69) is 4.99 Å². The van der Waals surface area contributed by atoms with Crippen LogP contribution in [0.25, 0.3) is 32.4 Å². The first-order valence-corrected chi connectivity index (χ1v) is 12.3. The average molecular weight is 498 g/mol. The molecule has 180 valence electrons. The molecule has 0 N–H and O–H groups in total. The number of ether oxygens (including phenoxy) is 2. The molecule has 0 bridgehead atoms. The lowest BCUT2D eigenvalue weighted by Crippen LogP contribution is -2.23. The van der Waals surface area contributed by atoms with Crippen molar-refractivity contribution in [2.45, 2.75) is 13.5 Å². The van der Waals surface area contributed by atoms with Crippen molar-refractivity contribution < 1.29 is 19.1 Å². The van der Waals surface area contributed by atoms with Gasteiger partial charge in [-0.1, -0.05) is 59.9 Å². The lowest BCUT2D eigenvalue weighted by Gasteiger charge is -2.08. The monoisotopic (exact) mass is 497 g/mol. The summed E-state index contributed by atoms with van der Waals surface area (Å²) in [5.74, 6) is -0.137. The van der Waals surface area contributed by atoms with Gasteiger partial charge < -0.3 is 14.0 Å². The highest BCUT2D eigenvalue weighted by Gasteiger charge is 2.16. The zero-order valence-electron chi connectivity index (χ0n) is 19.8. The maximum absolute atomic E-state index is 13.6. The molecule has 0 saturated carbocycles. The van der Waals surface area contributed by atoms with Crippen LogP contribution in [0.2, 0.25) is 0 Å². The summed E-state index contributed by atoms with van der Waals surface area (Å²) < 4.78 is 13.1. The van der Waals surface area contributed by atoms with Crippen LogP contribution >= 0.6 is 11.3 Å². The van der Waals surface area contributed by atoms with Crippen LogP contribution in [-0.2, 0) is 16.1 Å². The van der Waals surface area contributed by atoms with Crippen molar-refractivity contribution in [2.24, 2.45) is 4.99 Å². The molecule has 0 atom stereocenters. The Labute approximate surface area is 211 Å². The number of pyridine rings is 1. The molecule has 0 fully saturated rings.